The van der Waals surface area contributed by atoms with Gasteiger partial charge in [-0.15, -0.1) is 0 Å². The second-order valence-electron chi connectivity index (χ2n) is 4.22. The van der Waals surface area contributed by atoms with Crippen molar-refractivity contribution in [1.29, 1.82) is 0 Å². The molecule has 0 aliphatic carbocycles. The maximum absolute atomic E-state index is 12.0. The lowest BCUT2D eigenvalue weighted by Crippen LogP contribution is -2.44. The van der Waals surface area contributed by atoms with Crippen molar-refractivity contribution in [2.24, 2.45) is 0 Å². The first-order valence-electron chi connectivity index (χ1n) is 5.90. The van der Waals surface area contributed by atoms with Crippen molar-refractivity contribution in [2.75, 3.05) is 12.4 Å². The molecule has 6 heteroatoms. The Morgan fingerprint density at radius 3 is 2.63 bits per heavy atom. The van der Waals surface area contributed by atoms with Crippen LogP contribution in [0.5, 0.6) is 0 Å². The van der Waals surface area contributed by atoms with E-state index in [0.717, 1.165) is 10.0 Å². The average Bonchev–Trinajstić information content (AvgIpc) is 2.35. The van der Waals surface area contributed by atoms with Crippen LogP contribution in [-0.2, 0) is 4.79 Å². The van der Waals surface area contributed by atoms with Gasteiger partial charge in [-0.2, -0.15) is 0 Å². The van der Waals surface area contributed by atoms with E-state index in [1.165, 1.54) is 11.9 Å². The first-order valence-corrected chi connectivity index (χ1v) is 6.69. The SMILES string of the molecule is CCC(C(=O)O)N(C)C(=O)Nc1cccc(Br)c1C. The number of nitrogens with zero attached hydrogens (tertiary/aromatic N) is 1. The van der Waals surface area contributed by atoms with E-state index in [1.807, 2.05) is 13.0 Å². The normalized spacial score (nSPS) is 11.8. The van der Waals surface area contributed by atoms with Crippen LogP contribution in [0.1, 0.15) is 18.9 Å². The van der Waals surface area contributed by atoms with E-state index < -0.39 is 18.0 Å². The molecule has 0 saturated heterocycles. The number of carboxylic acids is 1. The van der Waals surface area contributed by atoms with Gasteiger partial charge in [0.1, 0.15) is 6.04 Å². The molecule has 0 heterocycles. The third kappa shape index (κ3) is 3.70. The van der Waals surface area contributed by atoms with Gasteiger partial charge in [0.2, 0.25) is 0 Å². The predicted octanol–water partition coefficient (Wildman–Crippen LogP) is 3.08. The van der Waals surface area contributed by atoms with Gasteiger partial charge in [-0.1, -0.05) is 28.9 Å². The first kappa shape index (κ1) is 15.5. The van der Waals surface area contributed by atoms with Crippen LogP contribution in [0.3, 0.4) is 0 Å². The molecule has 0 aliphatic rings. The molecule has 1 aromatic rings. The van der Waals surface area contributed by atoms with Crippen molar-refractivity contribution in [2.45, 2.75) is 26.3 Å². The molecular formula is C13H17BrN2O3. The van der Waals surface area contributed by atoms with Gasteiger partial charge in [0, 0.05) is 17.2 Å². The molecule has 0 fully saturated rings. The molecule has 1 unspecified atom stereocenters. The number of aliphatic carboxylic acids is 1. The summed E-state index contributed by atoms with van der Waals surface area (Å²) in [6, 6.07) is 4.19. The number of anilines is 1. The second-order valence-corrected chi connectivity index (χ2v) is 5.07. The molecule has 1 rings (SSSR count). The monoisotopic (exact) mass is 328 g/mol. The predicted molar refractivity (Wildman–Crippen MR) is 77.4 cm³/mol. The quantitative estimate of drug-likeness (QED) is 0.892. The zero-order valence-electron chi connectivity index (χ0n) is 11.1. The van der Waals surface area contributed by atoms with Gasteiger partial charge in [0.15, 0.2) is 0 Å². The highest BCUT2D eigenvalue weighted by molar-refractivity contribution is 9.10. The summed E-state index contributed by atoms with van der Waals surface area (Å²) in [6.45, 7) is 3.60. The highest BCUT2D eigenvalue weighted by Crippen LogP contribution is 2.23. The van der Waals surface area contributed by atoms with Crippen molar-refractivity contribution in [1.82, 2.24) is 4.90 Å². The molecule has 0 aliphatic heterocycles. The number of benzene rings is 1. The zero-order valence-corrected chi connectivity index (χ0v) is 12.7. The van der Waals surface area contributed by atoms with Crippen molar-refractivity contribution >= 4 is 33.6 Å². The van der Waals surface area contributed by atoms with Crippen molar-refractivity contribution in [3.63, 3.8) is 0 Å². The number of amides is 2. The van der Waals surface area contributed by atoms with Crippen molar-refractivity contribution in [3.8, 4) is 0 Å². The maximum atomic E-state index is 12.0. The van der Waals surface area contributed by atoms with Crippen LogP contribution < -0.4 is 5.32 Å². The smallest absolute Gasteiger partial charge is 0.326 e. The Hall–Kier alpha value is -1.56. The fourth-order valence-corrected chi connectivity index (χ4v) is 2.07. The lowest BCUT2D eigenvalue weighted by molar-refractivity contribution is -0.141. The first-order chi connectivity index (χ1) is 8.88. The van der Waals surface area contributed by atoms with Crippen LogP contribution in [0.2, 0.25) is 0 Å². The molecule has 1 aromatic carbocycles. The number of likely N-dealkylation sites (N-methyl/N-ethyl adjacent to an activating group) is 1. The summed E-state index contributed by atoms with van der Waals surface area (Å²) in [4.78, 5) is 24.2. The Bertz CT molecular complexity index is 491. The van der Waals surface area contributed by atoms with E-state index in [-0.39, 0.29) is 0 Å². The van der Waals surface area contributed by atoms with E-state index in [2.05, 4.69) is 21.2 Å². The summed E-state index contributed by atoms with van der Waals surface area (Å²) < 4.78 is 0.887. The highest BCUT2D eigenvalue weighted by Gasteiger charge is 2.24. The van der Waals surface area contributed by atoms with Crippen LogP contribution in [0.4, 0.5) is 10.5 Å². The molecular weight excluding hydrogens is 312 g/mol. The molecule has 0 spiro atoms. The minimum atomic E-state index is -1.01. The molecule has 2 amide bonds. The van der Waals surface area contributed by atoms with Gasteiger partial charge in [-0.25, -0.2) is 9.59 Å². The Morgan fingerprint density at radius 2 is 2.11 bits per heavy atom. The van der Waals surface area contributed by atoms with Gasteiger partial charge in [-0.3, -0.25) is 0 Å². The Kier molecular flexibility index (Phi) is 5.35. The maximum Gasteiger partial charge on any atom is 0.326 e. The molecule has 0 saturated carbocycles. The number of hydrogen-bond acceptors (Lipinski definition) is 2. The summed E-state index contributed by atoms with van der Waals surface area (Å²) >= 11 is 3.38. The molecule has 0 radical (unpaired) electrons. The van der Waals surface area contributed by atoms with Crippen LogP contribution in [0, 0.1) is 6.92 Å². The van der Waals surface area contributed by atoms with E-state index in [9.17, 15) is 9.59 Å². The minimum absolute atomic E-state index is 0.358. The number of carboxylic acid groups (broad SMARTS) is 1. The summed E-state index contributed by atoms with van der Waals surface area (Å²) in [5.74, 6) is -1.01. The number of rotatable bonds is 4. The fourth-order valence-electron chi connectivity index (χ4n) is 1.70. The largest absolute Gasteiger partial charge is 0.480 e. The van der Waals surface area contributed by atoms with Crippen LogP contribution in [0.25, 0.3) is 0 Å². The molecule has 1 atom stereocenters. The van der Waals surface area contributed by atoms with Gasteiger partial charge >= 0.3 is 12.0 Å². The number of nitrogens with one attached hydrogen (secondary N) is 1. The number of urea groups is 1. The Morgan fingerprint density at radius 1 is 1.47 bits per heavy atom. The molecule has 2 N–H and O–H groups in total. The van der Waals surface area contributed by atoms with E-state index in [4.69, 9.17) is 5.11 Å². The molecule has 19 heavy (non-hydrogen) atoms. The number of carbonyl (C=O) groups excluding carboxylic acids is 1. The molecule has 5 nitrogen and oxygen atoms in total. The zero-order chi connectivity index (χ0) is 14.6. The van der Waals surface area contributed by atoms with Crippen LogP contribution in [-0.4, -0.2) is 35.1 Å². The lowest BCUT2D eigenvalue weighted by Gasteiger charge is -2.24. The van der Waals surface area contributed by atoms with E-state index >= 15 is 0 Å². The van der Waals surface area contributed by atoms with Gasteiger partial charge < -0.3 is 15.3 Å². The van der Waals surface area contributed by atoms with Gasteiger partial charge in [0.05, 0.1) is 0 Å². The number of carbonyl (C=O) groups is 2. The van der Waals surface area contributed by atoms with Crippen molar-refractivity contribution < 1.29 is 14.7 Å². The number of halogens is 1. The Labute approximate surface area is 120 Å². The molecule has 0 bridgehead atoms. The van der Waals surface area contributed by atoms with E-state index in [0.29, 0.717) is 12.1 Å². The third-order valence-electron chi connectivity index (χ3n) is 2.97. The van der Waals surface area contributed by atoms with Crippen LogP contribution >= 0.6 is 15.9 Å². The van der Waals surface area contributed by atoms with Gasteiger partial charge in [0.25, 0.3) is 0 Å². The fraction of sp³-hybridized carbons (Fsp3) is 0.385. The average molecular weight is 329 g/mol. The number of hydrogen-bond donors (Lipinski definition) is 2. The Balaban J connectivity index is 2.85. The standard InChI is InChI=1S/C13H17BrN2O3/c1-4-11(12(17)18)16(3)13(19)15-10-7-5-6-9(14)8(10)2/h5-7,11H,4H2,1-3H3,(H,15,19)(H,17,18). The minimum Gasteiger partial charge on any atom is -0.480 e. The summed E-state index contributed by atoms with van der Waals surface area (Å²) in [7, 11) is 1.48. The molecule has 0 aromatic heterocycles. The van der Waals surface area contributed by atoms with Crippen molar-refractivity contribution in [3.05, 3.63) is 28.2 Å². The highest BCUT2D eigenvalue weighted by atomic mass is 79.9. The summed E-state index contributed by atoms with van der Waals surface area (Å²) in [5.41, 5.74) is 1.55. The molecule has 104 valence electrons. The third-order valence-corrected chi connectivity index (χ3v) is 3.83. The van der Waals surface area contributed by atoms with Crippen LogP contribution in [0.15, 0.2) is 22.7 Å². The summed E-state index contributed by atoms with van der Waals surface area (Å²) in [5, 5.41) is 11.7. The topological polar surface area (TPSA) is 69.6 Å². The lowest BCUT2D eigenvalue weighted by atomic mass is 10.2. The second kappa shape index (κ2) is 6.56. The summed E-state index contributed by atoms with van der Waals surface area (Å²) in [6.07, 6.45) is 0.358. The van der Waals surface area contributed by atoms with E-state index in [1.54, 1.807) is 19.1 Å². The van der Waals surface area contributed by atoms with Gasteiger partial charge in [-0.05, 0) is 31.0 Å².